The molecular weight excluding hydrogens is 397 g/mol. The molecule has 0 bridgehead atoms. The third-order valence-corrected chi connectivity index (χ3v) is 5.89. The van der Waals surface area contributed by atoms with Gasteiger partial charge in [-0.25, -0.2) is 9.65 Å². The molecular formula is C21H29ClNO4P. The van der Waals surface area contributed by atoms with E-state index in [1.54, 1.807) is 12.1 Å². The largest absolute Gasteiger partial charge is 0.464 e. The standard InChI is InChI=1S/C21H29ClNO4P/c1-6-15(2)19(20(24)26-14-21(3,4)5)23-28(22,25)27-18-13-9-11-16-10-7-8-12-17(16)18/h7-13,15,19H,6,14H2,1-5H3,(H,23,25)/t15?,19-,28?/m0/s1. The van der Waals surface area contributed by atoms with Crippen LogP contribution in [-0.4, -0.2) is 18.6 Å². The summed E-state index contributed by atoms with van der Waals surface area (Å²) >= 11 is 6.22. The van der Waals surface area contributed by atoms with Crippen LogP contribution in [0.3, 0.4) is 0 Å². The summed E-state index contributed by atoms with van der Waals surface area (Å²) in [6, 6.07) is 12.2. The van der Waals surface area contributed by atoms with Gasteiger partial charge < -0.3 is 9.26 Å². The van der Waals surface area contributed by atoms with Crippen molar-refractivity contribution < 1.29 is 18.6 Å². The summed E-state index contributed by atoms with van der Waals surface area (Å²) in [4.78, 5) is 12.6. The van der Waals surface area contributed by atoms with Crippen molar-refractivity contribution in [1.82, 2.24) is 5.09 Å². The van der Waals surface area contributed by atoms with Gasteiger partial charge in [0.2, 0.25) is 0 Å². The number of fused-ring (bicyclic) bond motifs is 1. The highest BCUT2D eigenvalue weighted by atomic mass is 35.7. The Morgan fingerprint density at radius 3 is 2.46 bits per heavy atom. The Morgan fingerprint density at radius 2 is 1.82 bits per heavy atom. The summed E-state index contributed by atoms with van der Waals surface area (Å²) < 4.78 is 24.0. The van der Waals surface area contributed by atoms with Crippen molar-refractivity contribution in [2.45, 2.75) is 47.1 Å². The lowest BCUT2D eigenvalue weighted by Crippen LogP contribution is -2.42. The minimum absolute atomic E-state index is 0.129. The summed E-state index contributed by atoms with van der Waals surface area (Å²) in [5.74, 6) is -0.211. The Kier molecular flexibility index (Phi) is 7.55. The molecule has 0 aliphatic rings. The average molecular weight is 426 g/mol. The Bertz CT molecular complexity index is 860. The van der Waals surface area contributed by atoms with Crippen molar-refractivity contribution in [2.24, 2.45) is 11.3 Å². The number of carbonyl (C=O) groups excluding carboxylic acids is 1. The van der Waals surface area contributed by atoms with Gasteiger partial charge in [0.1, 0.15) is 11.8 Å². The molecule has 0 aromatic heterocycles. The molecule has 1 N–H and O–H groups in total. The van der Waals surface area contributed by atoms with E-state index in [2.05, 4.69) is 5.09 Å². The maximum atomic E-state index is 13.0. The molecule has 0 amide bonds. The van der Waals surface area contributed by atoms with E-state index in [1.807, 2.05) is 65.0 Å². The monoisotopic (exact) mass is 425 g/mol. The highest BCUT2D eigenvalue weighted by Crippen LogP contribution is 2.50. The highest BCUT2D eigenvalue weighted by Gasteiger charge is 2.35. The van der Waals surface area contributed by atoms with E-state index in [1.165, 1.54) is 0 Å². The molecule has 0 aliphatic heterocycles. The predicted octanol–water partition coefficient (Wildman–Crippen LogP) is 6.16. The third-order valence-electron chi connectivity index (χ3n) is 4.37. The number of benzene rings is 2. The quantitative estimate of drug-likeness (QED) is 0.405. The van der Waals surface area contributed by atoms with E-state index >= 15 is 0 Å². The van der Waals surface area contributed by atoms with Crippen LogP contribution in [0.4, 0.5) is 0 Å². The molecule has 2 unspecified atom stereocenters. The van der Waals surface area contributed by atoms with Crippen LogP contribution in [0, 0.1) is 11.3 Å². The zero-order chi connectivity index (χ0) is 20.9. The number of carbonyl (C=O) groups is 1. The molecule has 0 saturated heterocycles. The smallest absolute Gasteiger partial charge is 0.409 e. The molecule has 0 spiro atoms. The van der Waals surface area contributed by atoms with Gasteiger partial charge >= 0.3 is 12.8 Å². The molecule has 2 aromatic carbocycles. The number of halogens is 1. The molecule has 5 nitrogen and oxygen atoms in total. The summed E-state index contributed by atoms with van der Waals surface area (Å²) in [7, 11) is 0. The van der Waals surface area contributed by atoms with Crippen LogP contribution in [0.1, 0.15) is 41.0 Å². The molecule has 0 aliphatic carbocycles. The molecule has 0 saturated carbocycles. The van der Waals surface area contributed by atoms with E-state index in [9.17, 15) is 9.36 Å². The van der Waals surface area contributed by atoms with Crippen molar-refractivity contribution in [1.29, 1.82) is 0 Å². The first-order chi connectivity index (χ1) is 13.0. The summed E-state index contributed by atoms with van der Waals surface area (Å²) in [5, 5.41) is 4.46. The number of esters is 1. The zero-order valence-electron chi connectivity index (χ0n) is 17.1. The second-order valence-electron chi connectivity index (χ2n) is 8.21. The van der Waals surface area contributed by atoms with Crippen LogP contribution in [0.2, 0.25) is 0 Å². The molecule has 7 heteroatoms. The van der Waals surface area contributed by atoms with Crippen molar-refractivity contribution in [3.05, 3.63) is 42.5 Å². The highest BCUT2D eigenvalue weighted by molar-refractivity contribution is 7.84. The second-order valence-corrected chi connectivity index (χ2v) is 10.9. The van der Waals surface area contributed by atoms with Crippen LogP contribution in [-0.2, 0) is 14.1 Å². The van der Waals surface area contributed by atoms with Gasteiger partial charge in [-0.15, -0.1) is 0 Å². The summed E-state index contributed by atoms with van der Waals surface area (Å²) in [6.45, 7) is 6.17. The number of ether oxygens (including phenoxy) is 1. The third kappa shape index (κ3) is 6.51. The van der Waals surface area contributed by atoms with Gasteiger partial charge in [0.25, 0.3) is 0 Å². The second kappa shape index (κ2) is 9.30. The SMILES string of the molecule is CCC(C)[C@H](NP(=O)(Cl)Oc1cccc2ccccc12)C(=O)OCC(C)(C)C. The van der Waals surface area contributed by atoms with E-state index in [0.29, 0.717) is 12.2 Å². The summed E-state index contributed by atoms with van der Waals surface area (Å²) in [5.41, 5.74) is -0.167. The molecule has 3 atom stereocenters. The minimum atomic E-state index is -3.84. The Labute approximate surface area is 172 Å². The Balaban J connectivity index is 2.19. The van der Waals surface area contributed by atoms with Gasteiger partial charge in [0.05, 0.1) is 6.61 Å². The van der Waals surface area contributed by atoms with Gasteiger partial charge in [-0.2, -0.15) is 0 Å². The fraction of sp³-hybridized carbons (Fsp3) is 0.476. The summed E-state index contributed by atoms with van der Waals surface area (Å²) in [6.07, 6.45) is 0.688. The molecule has 0 heterocycles. The maximum Gasteiger partial charge on any atom is 0.409 e. The van der Waals surface area contributed by atoms with Gasteiger partial charge in [-0.1, -0.05) is 77.4 Å². The maximum absolute atomic E-state index is 13.0. The number of nitrogens with one attached hydrogen (secondary N) is 1. The lowest BCUT2D eigenvalue weighted by atomic mass is 9.98. The van der Waals surface area contributed by atoms with Gasteiger partial charge in [0.15, 0.2) is 0 Å². The lowest BCUT2D eigenvalue weighted by molar-refractivity contribution is -0.149. The van der Waals surface area contributed by atoms with Crippen molar-refractivity contribution in [3.8, 4) is 5.75 Å². The fourth-order valence-electron chi connectivity index (χ4n) is 2.62. The normalized spacial score (nSPS) is 16.2. The van der Waals surface area contributed by atoms with Crippen LogP contribution in [0.25, 0.3) is 10.8 Å². The molecule has 2 aromatic rings. The van der Waals surface area contributed by atoms with Gasteiger partial charge in [-0.05, 0) is 22.8 Å². The molecule has 28 heavy (non-hydrogen) atoms. The Morgan fingerprint density at radius 1 is 1.18 bits per heavy atom. The molecule has 0 fully saturated rings. The van der Waals surface area contributed by atoms with Crippen LogP contribution < -0.4 is 9.61 Å². The first-order valence-corrected chi connectivity index (χ1v) is 12.0. The van der Waals surface area contributed by atoms with Crippen molar-refractivity contribution in [3.63, 3.8) is 0 Å². The van der Waals surface area contributed by atoms with Gasteiger partial charge in [-0.3, -0.25) is 4.79 Å². The fourth-order valence-corrected chi connectivity index (χ4v) is 4.32. The number of hydrogen-bond donors (Lipinski definition) is 1. The zero-order valence-corrected chi connectivity index (χ0v) is 18.7. The molecule has 154 valence electrons. The average Bonchev–Trinajstić information content (AvgIpc) is 2.63. The first kappa shape index (κ1) is 22.7. The number of hydrogen-bond acceptors (Lipinski definition) is 4. The minimum Gasteiger partial charge on any atom is -0.464 e. The Hall–Kier alpha value is -1.55. The topological polar surface area (TPSA) is 64.6 Å². The van der Waals surface area contributed by atoms with Crippen molar-refractivity contribution >= 4 is 34.9 Å². The molecule has 2 rings (SSSR count). The van der Waals surface area contributed by atoms with Gasteiger partial charge in [0, 0.05) is 16.6 Å². The number of rotatable bonds is 8. The molecule has 0 radical (unpaired) electrons. The van der Waals surface area contributed by atoms with Crippen LogP contribution in [0.5, 0.6) is 5.75 Å². The van der Waals surface area contributed by atoms with E-state index < -0.39 is 18.9 Å². The van der Waals surface area contributed by atoms with Crippen LogP contribution in [0.15, 0.2) is 42.5 Å². The van der Waals surface area contributed by atoms with Crippen LogP contribution >= 0.6 is 18.1 Å². The van der Waals surface area contributed by atoms with Crippen molar-refractivity contribution in [2.75, 3.05) is 6.61 Å². The van der Waals surface area contributed by atoms with E-state index in [4.69, 9.17) is 20.5 Å². The lowest BCUT2D eigenvalue weighted by Gasteiger charge is -2.27. The first-order valence-electron chi connectivity index (χ1n) is 9.44. The van der Waals surface area contributed by atoms with E-state index in [-0.39, 0.29) is 17.9 Å². The van der Waals surface area contributed by atoms with E-state index in [0.717, 1.165) is 10.8 Å². The predicted molar refractivity (Wildman–Crippen MR) is 115 cm³/mol.